The minimum atomic E-state index is -0.384. The number of nitrogens with one attached hydrogen (secondary N) is 1. The first-order valence-corrected chi connectivity index (χ1v) is 3.09. The van der Waals surface area contributed by atoms with Crippen molar-refractivity contribution in [3.8, 4) is 0 Å². The highest BCUT2D eigenvalue weighted by molar-refractivity contribution is 5.89. The summed E-state index contributed by atoms with van der Waals surface area (Å²) in [6, 6.07) is 3.12. The van der Waals surface area contributed by atoms with E-state index in [2.05, 4.69) is 9.72 Å². The Labute approximate surface area is 64.0 Å². The number of methoxy groups -OCH3 is 1. The molecule has 0 saturated carbocycles. The minimum Gasteiger partial charge on any atom is -0.465 e. The predicted molar refractivity (Wildman–Crippen MR) is 38.7 cm³/mol. The molecule has 0 aliphatic rings. The Hall–Kier alpha value is -1.58. The third kappa shape index (κ3) is 1.67. The smallest absolute Gasteiger partial charge is 0.338 e. The van der Waals surface area contributed by atoms with Gasteiger partial charge in [-0.05, 0) is 6.07 Å². The maximum absolute atomic E-state index is 10.9. The summed E-state index contributed by atoms with van der Waals surface area (Å²) in [7, 11) is 1.33. The third-order valence-electron chi connectivity index (χ3n) is 1.24. The average molecular weight is 153 g/mol. The molecule has 11 heavy (non-hydrogen) atoms. The number of hydrogen-bond donors (Lipinski definition) is 1. The third-order valence-corrected chi connectivity index (χ3v) is 1.24. The molecule has 0 spiro atoms. The van der Waals surface area contributed by atoms with Gasteiger partial charge in [-0.3, -0.25) is 5.73 Å². The van der Waals surface area contributed by atoms with Gasteiger partial charge in [0, 0.05) is 6.07 Å². The molecule has 1 aromatic rings. The molecule has 0 aliphatic carbocycles. The number of anilines is 1. The van der Waals surface area contributed by atoms with E-state index in [-0.39, 0.29) is 5.97 Å². The molecule has 0 bridgehead atoms. The Morgan fingerprint density at radius 1 is 1.73 bits per heavy atom. The van der Waals surface area contributed by atoms with Gasteiger partial charge in [-0.15, -0.1) is 0 Å². The van der Waals surface area contributed by atoms with Crippen molar-refractivity contribution in [3.63, 3.8) is 0 Å². The summed E-state index contributed by atoms with van der Waals surface area (Å²) >= 11 is 0. The lowest BCUT2D eigenvalue weighted by atomic mass is 10.3. The van der Waals surface area contributed by atoms with E-state index in [9.17, 15) is 4.79 Å². The Morgan fingerprint density at radius 3 is 3.00 bits per heavy atom. The summed E-state index contributed by atoms with van der Waals surface area (Å²) in [5.74, 6) is 0.0543. The molecular formula is C7H9N2O2+. The van der Waals surface area contributed by atoms with Crippen molar-refractivity contribution in [3.05, 3.63) is 23.9 Å². The fourth-order valence-electron chi connectivity index (χ4n) is 0.730. The summed E-state index contributed by atoms with van der Waals surface area (Å²) in [4.78, 5) is 13.6. The lowest BCUT2D eigenvalue weighted by Crippen LogP contribution is -2.11. The second-order valence-electron chi connectivity index (χ2n) is 2.02. The van der Waals surface area contributed by atoms with E-state index in [4.69, 9.17) is 5.73 Å². The second kappa shape index (κ2) is 3.01. The van der Waals surface area contributed by atoms with Crippen LogP contribution in [0.4, 0.5) is 5.82 Å². The van der Waals surface area contributed by atoms with E-state index in [1.54, 1.807) is 12.3 Å². The Bertz CT molecular complexity index is 273. The van der Waals surface area contributed by atoms with Crippen molar-refractivity contribution >= 4 is 11.8 Å². The number of hydrogen-bond acceptors (Lipinski definition) is 3. The Morgan fingerprint density at radius 2 is 2.45 bits per heavy atom. The first-order chi connectivity index (χ1) is 5.24. The summed E-state index contributed by atoms with van der Waals surface area (Å²) < 4.78 is 4.48. The van der Waals surface area contributed by atoms with Crippen LogP contribution in [0.1, 0.15) is 10.4 Å². The quantitative estimate of drug-likeness (QED) is 0.571. The number of aromatic amines is 1. The van der Waals surface area contributed by atoms with E-state index in [1.807, 2.05) is 0 Å². The van der Waals surface area contributed by atoms with Crippen molar-refractivity contribution in [1.82, 2.24) is 0 Å². The number of ether oxygens (including phenoxy) is 1. The molecule has 1 aromatic heterocycles. The zero-order chi connectivity index (χ0) is 8.27. The Kier molecular flexibility index (Phi) is 2.06. The van der Waals surface area contributed by atoms with Gasteiger partial charge >= 0.3 is 5.97 Å². The number of carbonyl (C=O) groups is 1. The van der Waals surface area contributed by atoms with Crippen LogP contribution in [0.15, 0.2) is 18.3 Å². The molecule has 0 unspecified atom stereocenters. The lowest BCUT2D eigenvalue weighted by Gasteiger charge is -1.95. The molecule has 3 N–H and O–H groups in total. The van der Waals surface area contributed by atoms with Crippen LogP contribution >= 0.6 is 0 Å². The number of pyridine rings is 1. The molecule has 0 atom stereocenters. The molecule has 58 valence electrons. The molecule has 0 radical (unpaired) electrons. The molecule has 4 heteroatoms. The van der Waals surface area contributed by atoms with Crippen molar-refractivity contribution in [1.29, 1.82) is 0 Å². The number of aromatic nitrogens is 1. The molecule has 1 heterocycles. The summed E-state index contributed by atoms with van der Waals surface area (Å²) in [6.07, 6.45) is 1.58. The fourth-order valence-corrected chi connectivity index (χ4v) is 0.730. The van der Waals surface area contributed by atoms with Gasteiger partial charge in [0.2, 0.25) is 0 Å². The standard InChI is InChI=1S/C7H8N2O2/c1-11-7(10)5-2-3-9-6(8)4-5/h2-4H,1H3,(H2,8,9)/p+1. The highest BCUT2D eigenvalue weighted by Gasteiger charge is 2.06. The van der Waals surface area contributed by atoms with Gasteiger partial charge in [0.1, 0.15) is 0 Å². The maximum Gasteiger partial charge on any atom is 0.338 e. The number of H-pyrrole nitrogens is 1. The van der Waals surface area contributed by atoms with Crippen LogP contribution in [0.25, 0.3) is 0 Å². The molecule has 0 amide bonds. The number of nitrogen functional groups attached to an aromatic ring is 1. The number of esters is 1. The van der Waals surface area contributed by atoms with Crippen molar-refractivity contribution < 1.29 is 14.5 Å². The zero-order valence-corrected chi connectivity index (χ0v) is 6.13. The van der Waals surface area contributed by atoms with Gasteiger partial charge in [0.15, 0.2) is 0 Å². The molecule has 0 aromatic carbocycles. The zero-order valence-electron chi connectivity index (χ0n) is 6.13. The van der Waals surface area contributed by atoms with Gasteiger partial charge in [-0.1, -0.05) is 0 Å². The van der Waals surface area contributed by atoms with Gasteiger partial charge in [0.05, 0.1) is 18.9 Å². The van der Waals surface area contributed by atoms with Gasteiger partial charge in [-0.25, -0.2) is 9.78 Å². The van der Waals surface area contributed by atoms with Crippen molar-refractivity contribution in [2.45, 2.75) is 0 Å². The topological polar surface area (TPSA) is 66.5 Å². The minimum absolute atomic E-state index is 0.384. The average Bonchev–Trinajstić information content (AvgIpc) is 2.03. The Balaban J connectivity index is 2.96. The number of rotatable bonds is 1. The highest BCUT2D eigenvalue weighted by atomic mass is 16.5. The van der Waals surface area contributed by atoms with Gasteiger partial charge in [-0.2, -0.15) is 0 Å². The molecule has 0 fully saturated rings. The normalized spacial score (nSPS) is 9.18. The lowest BCUT2D eigenvalue weighted by molar-refractivity contribution is -0.360. The first kappa shape index (κ1) is 7.53. The molecule has 0 aliphatic heterocycles. The summed E-state index contributed by atoms with van der Waals surface area (Å²) in [5, 5.41) is 0. The van der Waals surface area contributed by atoms with Crippen LogP contribution in [-0.2, 0) is 4.74 Å². The number of nitrogens with two attached hydrogens (primary N) is 1. The maximum atomic E-state index is 10.9. The van der Waals surface area contributed by atoms with Gasteiger partial charge < -0.3 is 4.74 Å². The van der Waals surface area contributed by atoms with Crippen LogP contribution in [0.2, 0.25) is 0 Å². The van der Waals surface area contributed by atoms with E-state index >= 15 is 0 Å². The van der Waals surface area contributed by atoms with E-state index < -0.39 is 0 Å². The highest BCUT2D eigenvalue weighted by Crippen LogP contribution is 2.00. The SMILES string of the molecule is COC(=O)c1cc[nH+]c(N)c1. The molecule has 4 nitrogen and oxygen atoms in total. The molecule has 0 saturated heterocycles. The molecule has 1 rings (SSSR count). The van der Waals surface area contributed by atoms with Crippen LogP contribution < -0.4 is 10.7 Å². The van der Waals surface area contributed by atoms with Crippen LogP contribution in [0, 0.1) is 0 Å². The van der Waals surface area contributed by atoms with Crippen LogP contribution in [0.3, 0.4) is 0 Å². The largest absolute Gasteiger partial charge is 0.465 e. The monoisotopic (exact) mass is 153 g/mol. The van der Waals surface area contributed by atoms with Crippen LogP contribution in [0.5, 0.6) is 0 Å². The first-order valence-electron chi connectivity index (χ1n) is 3.09. The second-order valence-corrected chi connectivity index (χ2v) is 2.02. The summed E-state index contributed by atoms with van der Waals surface area (Å²) in [5.41, 5.74) is 5.84. The van der Waals surface area contributed by atoms with E-state index in [0.29, 0.717) is 11.4 Å². The van der Waals surface area contributed by atoms with Crippen LogP contribution in [-0.4, -0.2) is 13.1 Å². The fraction of sp³-hybridized carbons (Fsp3) is 0.143. The van der Waals surface area contributed by atoms with Crippen molar-refractivity contribution in [2.24, 2.45) is 0 Å². The van der Waals surface area contributed by atoms with E-state index in [0.717, 1.165) is 0 Å². The van der Waals surface area contributed by atoms with Crippen molar-refractivity contribution in [2.75, 3.05) is 12.8 Å². The van der Waals surface area contributed by atoms with Gasteiger partial charge in [0.25, 0.3) is 5.82 Å². The number of carbonyl (C=O) groups excluding carboxylic acids is 1. The molecular weight excluding hydrogens is 144 g/mol. The predicted octanol–water partition coefficient (Wildman–Crippen LogP) is -0.131. The van der Waals surface area contributed by atoms with E-state index in [1.165, 1.54) is 13.2 Å². The summed E-state index contributed by atoms with van der Waals surface area (Å²) in [6.45, 7) is 0.